The molecule has 62 valence electrons. The van der Waals surface area contributed by atoms with E-state index in [2.05, 4.69) is 10.1 Å². The summed E-state index contributed by atoms with van der Waals surface area (Å²) in [7, 11) is -3.27. The number of aromatic nitrogens is 3. The van der Waals surface area contributed by atoms with Gasteiger partial charge in [0.15, 0.2) is 0 Å². The van der Waals surface area contributed by atoms with Crippen molar-refractivity contribution in [3.05, 3.63) is 11.6 Å². The average Bonchev–Trinajstić information content (AvgIpc) is 2.08. The normalized spacial score (nSPS) is 11.9. The van der Waals surface area contributed by atoms with Crippen LogP contribution in [0.2, 0.25) is 0 Å². The second kappa shape index (κ2) is 2.30. The summed E-state index contributed by atoms with van der Waals surface area (Å²) in [6.07, 6.45) is 1.09. The SMILES string of the molecule is Cc1nc(C)n(S(C)(=O)=O)n1. The molecule has 0 saturated carbocycles. The number of aryl methyl sites for hydroxylation is 2. The van der Waals surface area contributed by atoms with E-state index in [1.807, 2.05) is 0 Å². The highest BCUT2D eigenvalue weighted by Gasteiger charge is 2.10. The van der Waals surface area contributed by atoms with Crippen LogP contribution < -0.4 is 0 Å². The molecule has 0 aliphatic heterocycles. The van der Waals surface area contributed by atoms with Gasteiger partial charge in [-0.1, -0.05) is 0 Å². The number of nitrogens with zero attached hydrogens (tertiary/aromatic N) is 3. The Bertz CT molecular complexity index is 365. The lowest BCUT2D eigenvalue weighted by Gasteiger charge is -1.95. The highest BCUT2D eigenvalue weighted by molar-refractivity contribution is 7.89. The van der Waals surface area contributed by atoms with Crippen molar-refractivity contribution in [2.24, 2.45) is 0 Å². The van der Waals surface area contributed by atoms with E-state index in [-0.39, 0.29) is 0 Å². The molecule has 1 aromatic rings. The first-order valence-electron chi connectivity index (χ1n) is 3.02. The third-order valence-electron chi connectivity index (χ3n) is 1.15. The summed E-state index contributed by atoms with van der Waals surface area (Å²) in [4.78, 5) is 3.85. The number of hydrogen-bond acceptors (Lipinski definition) is 4. The van der Waals surface area contributed by atoms with E-state index >= 15 is 0 Å². The van der Waals surface area contributed by atoms with Gasteiger partial charge in [-0.15, -0.1) is 9.19 Å². The second-order valence-corrected chi connectivity index (χ2v) is 4.12. The van der Waals surface area contributed by atoms with Crippen LogP contribution in [0.4, 0.5) is 0 Å². The van der Waals surface area contributed by atoms with E-state index in [0.717, 1.165) is 10.3 Å². The summed E-state index contributed by atoms with van der Waals surface area (Å²) < 4.78 is 22.8. The Labute approximate surface area is 65.1 Å². The van der Waals surface area contributed by atoms with Gasteiger partial charge in [-0.05, 0) is 13.8 Å². The van der Waals surface area contributed by atoms with E-state index in [1.165, 1.54) is 0 Å². The fraction of sp³-hybridized carbons (Fsp3) is 0.600. The first-order valence-corrected chi connectivity index (χ1v) is 4.87. The van der Waals surface area contributed by atoms with Gasteiger partial charge in [0.05, 0.1) is 6.26 Å². The molecule has 0 bridgehead atoms. The quantitative estimate of drug-likeness (QED) is 0.588. The van der Waals surface area contributed by atoms with E-state index in [9.17, 15) is 8.42 Å². The minimum Gasteiger partial charge on any atom is -0.216 e. The molecular weight excluding hydrogens is 166 g/mol. The van der Waals surface area contributed by atoms with Crippen LogP contribution in [0, 0.1) is 13.8 Å². The van der Waals surface area contributed by atoms with Crippen LogP contribution in [0.3, 0.4) is 0 Å². The third-order valence-corrected chi connectivity index (χ3v) is 2.12. The van der Waals surface area contributed by atoms with Crippen LogP contribution >= 0.6 is 0 Å². The molecule has 0 N–H and O–H groups in total. The molecule has 0 spiro atoms. The Morgan fingerprint density at radius 3 is 2.09 bits per heavy atom. The molecule has 5 nitrogen and oxygen atoms in total. The van der Waals surface area contributed by atoms with Crippen LogP contribution in [0.25, 0.3) is 0 Å². The molecule has 0 unspecified atom stereocenters. The van der Waals surface area contributed by atoms with Crippen molar-refractivity contribution in [1.82, 2.24) is 14.2 Å². The molecule has 0 aromatic carbocycles. The predicted molar refractivity (Wildman–Crippen MR) is 39.7 cm³/mol. The largest absolute Gasteiger partial charge is 0.252 e. The van der Waals surface area contributed by atoms with Gasteiger partial charge < -0.3 is 0 Å². The number of hydrogen-bond donors (Lipinski definition) is 0. The number of rotatable bonds is 1. The van der Waals surface area contributed by atoms with Gasteiger partial charge in [0.1, 0.15) is 11.6 Å². The van der Waals surface area contributed by atoms with Crippen LogP contribution in [0.15, 0.2) is 0 Å². The first kappa shape index (κ1) is 8.19. The second-order valence-electron chi connectivity index (χ2n) is 2.31. The van der Waals surface area contributed by atoms with Gasteiger partial charge in [-0.3, -0.25) is 0 Å². The molecule has 1 aromatic heterocycles. The highest BCUT2D eigenvalue weighted by atomic mass is 32.2. The minimum atomic E-state index is -3.27. The predicted octanol–water partition coefficient (Wildman–Crippen LogP) is -0.297. The standard InChI is InChI=1S/C5H9N3O2S/c1-4-6-5(2)8(7-4)11(3,9)10/h1-3H3. The maximum absolute atomic E-state index is 10.9. The lowest BCUT2D eigenvalue weighted by molar-refractivity contribution is 0.584. The maximum Gasteiger partial charge on any atom is 0.252 e. The van der Waals surface area contributed by atoms with Crippen LogP contribution in [-0.2, 0) is 10.0 Å². The Hall–Kier alpha value is -0.910. The molecule has 1 rings (SSSR count). The zero-order chi connectivity index (χ0) is 8.65. The van der Waals surface area contributed by atoms with Gasteiger partial charge >= 0.3 is 0 Å². The van der Waals surface area contributed by atoms with Gasteiger partial charge in [0.25, 0.3) is 10.0 Å². The summed E-state index contributed by atoms with van der Waals surface area (Å²) >= 11 is 0. The first-order chi connectivity index (χ1) is 4.91. The molecule has 0 aliphatic rings. The highest BCUT2D eigenvalue weighted by Crippen LogP contribution is 1.98. The summed E-state index contributed by atoms with van der Waals surface area (Å²) in [5.74, 6) is 0.859. The molecule has 0 radical (unpaired) electrons. The smallest absolute Gasteiger partial charge is 0.216 e. The minimum absolute atomic E-state index is 0.394. The van der Waals surface area contributed by atoms with Gasteiger partial charge in [-0.2, -0.15) is 0 Å². The van der Waals surface area contributed by atoms with Gasteiger partial charge in [-0.25, -0.2) is 13.4 Å². The van der Waals surface area contributed by atoms with E-state index in [1.54, 1.807) is 13.8 Å². The Morgan fingerprint density at radius 2 is 1.91 bits per heavy atom. The molecular formula is C5H9N3O2S. The summed E-state index contributed by atoms with van der Waals surface area (Å²) in [5.41, 5.74) is 0. The van der Waals surface area contributed by atoms with Crippen molar-refractivity contribution < 1.29 is 8.42 Å². The van der Waals surface area contributed by atoms with Crippen molar-refractivity contribution in [1.29, 1.82) is 0 Å². The zero-order valence-electron chi connectivity index (χ0n) is 6.57. The van der Waals surface area contributed by atoms with Gasteiger partial charge in [0, 0.05) is 0 Å². The zero-order valence-corrected chi connectivity index (χ0v) is 7.38. The Balaban J connectivity index is 3.36. The lowest BCUT2D eigenvalue weighted by Crippen LogP contribution is -2.13. The molecule has 0 amide bonds. The topological polar surface area (TPSA) is 64.8 Å². The molecule has 1 heterocycles. The van der Waals surface area contributed by atoms with Crippen molar-refractivity contribution in [2.75, 3.05) is 6.26 Å². The van der Waals surface area contributed by atoms with Crippen LogP contribution in [0.1, 0.15) is 11.6 Å². The van der Waals surface area contributed by atoms with E-state index in [0.29, 0.717) is 11.6 Å². The van der Waals surface area contributed by atoms with Crippen molar-refractivity contribution in [3.8, 4) is 0 Å². The summed E-state index contributed by atoms with van der Waals surface area (Å²) in [6.45, 7) is 3.25. The Morgan fingerprint density at radius 1 is 1.36 bits per heavy atom. The van der Waals surface area contributed by atoms with Crippen molar-refractivity contribution in [2.45, 2.75) is 13.8 Å². The fourth-order valence-corrected chi connectivity index (χ4v) is 1.60. The molecule has 0 aliphatic carbocycles. The monoisotopic (exact) mass is 175 g/mol. The molecule has 0 atom stereocenters. The Kier molecular flexibility index (Phi) is 1.71. The molecule has 6 heteroatoms. The lowest BCUT2D eigenvalue weighted by atomic mass is 10.7. The fourth-order valence-electron chi connectivity index (χ4n) is 0.817. The summed E-state index contributed by atoms with van der Waals surface area (Å²) in [5, 5.41) is 3.70. The van der Waals surface area contributed by atoms with E-state index < -0.39 is 10.0 Å². The molecule has 11 heavy (non-hydrogen) atoms. The van der Waals surface area contributed by atoms with Crippen molar-refractivity contribution in [3.63, 3.8) is 0 Å². The third kappa shape index (κ3) is 1.56. The van der Waals surface area contributed by atoms with Gasteiger partial charge in [0.2, 0.25) is 0 Å². The van der Waals surface area contributed by atoms with E-state index in [4.69, 9.17) is 0 Å². The average molecular weight is 175 g/mol. The van der Waals surface area contributed by atoms with Crippen molar-refractivity contribution >= 4 is 10.0 Å². The maximum atomic E-state index is 10.9. The summed E-state index contributed by atoms with van der Waals surface area (Å²) in [6, 6.07) is 0. The molecule has 0 fully saturated rings. The van der Waals surface area contributed by atoms with Crippen LogP contribution in [-0.4, -0.2) is 28.8 Å². The molecule has 0 saturated heterocycles. The van der Waals surface area contributed by atoms with Crippen LogP contribution in [0.5, 0.6) is 0 Å².